The van der Waals surface area contributed by atoms with Crippen LogP contribution >= 0.6 is 11.6 Å². The Hall–Kier alpha value is -1.55. The maximum Gasteiger partial charge on any atom is 0.358 e. The van der Waals surface area contributed by atoms with E-state index in [-0.39, 0.29) is 5.69 Å². The van der Waals surface area contributed by atoms with E-state index in [9.17, 15) is 4.79 Å². The number of rotatable bonds is 1. The zero-order chi connectivity index (χ0) is 10.1. The van der Waals surface area contributed by atoms with Crippen molar-refractivity contribution in [1.82, 2.24) is 9.38 Å². The van der Waals surface area contributed by atoms with Crippen LogP contribution in [0.1, 0.15) is 10.5 Å². The van der Waals surface area contributed by atoms with Crippen LogP contribution in [0.2, 0.25) is 5.02 Å². The summed E-state index contributed by atoms with van der Waals surface area (Å²) in [6.45, 7) is 0. The van der Waals surface area contributed by atoms with Crippen LogP contribution in [0.25, 0.3) is 5.52 Å². The summed E-state index contributed by atoms with van der Waals surface area (Å²) in [7, 11) is 1.31. The number of halogens is 1. The van der Waals surface area contributed by atoms with Gasteiger partial charge in [0.2, 0.25) is 0 Å². The third-order valence-electron chi connectivity index (χ3n) is 1.89. The summed E-state index contributed by atoms with van der Waals surface area (Å²) in [5.74, 6) is -0.486. The van der Waals surface area contributed by atoms with Crippen molar-refractivity contribution in [1.29, 1.82) is 0 Å². The van der Waals surface area contributed by atoms with Gasteiger partial charge in [0.1, 0.15) is 6.33 Å². The monoisotopic (exact) mass is 210 g/mol. The Bertz CT molecular complexity index is 493. The molecule has 2 rings (SSSR count). The normalized spacial score (nSPS) is 10.4. The number of imidazole rings is 1. The highest BCUT2D eigenvalue weighted by molar-refractivity contribution is 6.34. The molecule has 0 amide bonds. The van der Waals surface area contributed by atoms with E-state index < -0.39 is 5.97 Å². The molecule has 0 saturated heterocycles. The lowest BCUT2D eigenvalue weighted by atomic mass is 10.3. The summed E-state index contributed by atoms with van der Waals surface area (Å²) in [5, 5.41) is 0.477. The SMILES string of the molecule is COC(=O)c1ncn2cccc(Cl)c12. The summed E-state index contributed by atoms with van der Waals surface area (Å²) in [4.78, 5) is 15.2. The van der Waals surface area contributed by atoms with Crippen molar-refractivity contribution in [3.63, 3.8) is 0 Å². The first-order valence-electron chi connectivity index (χ1n) is 3.93. The minimum Gasteiger partial charge on any atom is -0.464 e. The fraction of sp³-hybridized carbons (Fsp3) is 0.111. The largest absolute Gasteiger partial charge is 0.464 e. The van der Waals surface area contributed by atoms with Gasteiger partial charge in [-0.25, -0.2) is 9.78 Å². The lowest BCUT2D eigenvalue weighted by Gasteiger charge is -1.98. The van der Waals surface area contributed by atoms with Gasteiger partial charge in [-0.2, -0.15) is 0 Å². The van der Waals surface area contributed by atoms with E-state index in [1.165, 1.54) is 13.4 Å². The number of pyridine rings is 1. The molecule has 0 bridgehead atoms. The summed E-state index contributed by atoms with van der Waals surface area (Å²) >= 11 is 5.94. The van der Waals surface area contributed by atoms with Crippen LogP contribution in [-0.2, 0) is 4.74 Å². The minimum atomic E-state index is -0.486. The van der Waals surface area contributed by atoms with Crippen molar-refractivity contribution in [2.24, 2.45) is 0 Å². The molecule has 0 unspecified atom stereocenters. The number of hydrogen-bond donors (Lipinski definition) is 0. The van der Waals surface area contributed by atoms with Gasteiger partial charge in [0.25, 0.3) is 0 Å². The summed E-state index contributed by atoms with van der Waals surface area (Å²) < 4.78 is 6.26. The second-order valence-electron chi connectivity index (χ2n) is 2.70. The van der Waals surface area contributed by atoms with E-state index in [1.807, 2.05) is 0 Å². The number of fused-ring (bicyclic) bond motifs is 1. The first kappa shape index (κ1) is 9.02. The van der Waals surface area contributed by atoms with Gasteiger partial charge >= 0.3 is 5.97 Å². The fourth-order valence-electron chi connectivity index (χ4n) is 1.26. The lowest BCUT2D eigenvalue weighted by Crippen LogP contribution is -2.02. The molecular weight excluding hydrogens is 204 g/mol. The van der Waals surface area contributed by atoms with Gasteiger partial charge in [-0.3, -0.25) is 0 Å². The van der Waals surface area contributed by atoms with Crippen LogP contribution < -0.4 is 0 Å². The highest BCUT2D eigenvalue weighted by atomic mass is 35.5. The smallest absolute Gasteiger partial charge is 0.358 e. The van der Waals surface area contributed by atoms with Crippen molar-refractivity contribution >= 4 is 23.1 Å². The minimum absolute atomic E-state index is 0.234. The third-order valence-corrected chi connectivity index (χ3v) is 2.19. The molecule has 0 aromatic carbocycles. The van der Waals surface area contributed by atoms with Crippen LogP contribution in [-0.4, -0.2) is 22.5 Å². The van der Waals surface area contributed by atoms with Crippen molar-refractivity contribution < 1.29 is 9.53 Å². The highest BCUT2D eigenvalue weighted by Crippen LogP contribution is 2.20. The van der Waals surface area contributed by atoms with Crippen LogP contribution in [0.15, 0.2) is 24.7 Å². The Morgan fingerprint density at radius 1 is 1.64 bits per heavy atom. The molecule has 0 aliphatic rings. The maximum absolute atomic E-state index is 11.3. The zero-order valence-corrected chi connectivity index (χ0v) is 8.15. The van der Waals surface area contributed by atoms with Crippen LogP contribution in [0.5, 0.6) is 0 Å². The van der Waals surface area contributed by atoms with Gasteiger partial charge in [-0.1, -0.05) is 11.6 Å². The average molecular weight is 211 g/mol. The first-order valence-corrected chi connectivity index (χ1v) is 4.31. The third kappa shape index (κ3) is 1.24. The maximum atomic E-state index is 11.3. The molecule has 5 heteroatoms. The quantitative estimate of drug-likeness (QED) is 0.674. The average Bonchev–Trinajstić information content (AvgIpc) is 2.62. The number of carbonyl (C=O) groups is 1. The molecule has 2 heterocycles. The van der Waals surface area contributed by atoms with Gasteiger partial charge in [0.05, 0.1) is 17.6 Å². The Labute approximate surface area is 85.1 Å². The molecule has 0 spiro atoms. The number of nitrogens with zero attached hydrogens (tertiary/aromatic N) is 2. The zero-order valence-electron chi connectivity index (χ0n) is 7.40. The predicted molar refractivity (Wildman–Crippen MR) is 51.5 cm³/mol. The molecule has 72 valence electrons. The number of methoxy groups -OCH3 is 1. The molecule has 0 aliphatic carbocycles. The van der Waals surface area contributed by atoms with Crippen molar-refractivity contribution in [3.05, 3.63) is 35.4 Å². The number of esters is 1. The molecule has 2 aromatic rings. The van der Waals surface area contributed by atoms with Gasteiger partial charge in [0, 0.05) is 6.20 Å². The fourth-order valence-corrected chi connectivity index (χ4v) is 1.52. The molecule has 4 nitrogen and oxygen atoms in total. The molecule has 0 atom stereocenters. The second kappa shape index (κ2) is 3.31. The topological polar surface area (TPSA) is 43.6 Å². The van der Waals surface area contributed by atoms with Crippen LogP contribution in [0.4, 0.5) is 0 Å². The van der Waals surface area contributed by atoms with E-state index in [4.69, 9.17) is 11.6 Å². The van der Waals surface area contributed by atoms with Crippen molar-refractivity contribution in [2.75, 3.05) is 7.11 Å². The van der Waals surface area contributed by atoms with E-state index in [2.05, 4.69) is 9.72 Å². The van der Waals surface area contributed by atoms with Crippen LogP contribution in [0.3, 0.4) is 0 Å². The molecule has 0 N–H and O–H groups in total. The lowest BCUT2D eigenvalue weighted by molar-refractivity contribution is 0.0597. The van der Waals surface area contributed by atoms with Crippen molar-refractivity contribution in [3.8, 4) is 0 Å². The number of hydrogen-bond acceptors (Lipinski definition) is 3. The molecule has 2 aromatic heterocycles. The number of aromatic nitrogens is 2. The van der Waals surface area contributed by atoms with Gasteiger partial charge in [-0.05, 0) is 12.1 Å². The van der Waals surface area contributed by atoms with E-state index >= 15 is 0 Å². The first-order chi connectivity index (χ1) is 6.74. The Morgan fingerprint density at radius 2 is 2.43 bits per heavy atom. The van der Waals surface area contributed by atoms with E-state index in [0.29, 0.717) is 10.5 Å². The summed E-state index contributed by atoms with van der Waals surface area (Å²) in [5.41, 5.74) is 0.805. The number of carbonyl (C=O) groups excluding carboxylic acids is 1. The molecule has 0 radical (unpaired) electrons. The van der Waals surface area contributed by atoms with E-state index in [1.54, 1.807) is 22.7 Å². The molecule has 0 aliphatic heterocycles. The molecule has 14 heavy (non-hydrogen) atoms. The van der Waals surface area contributed by atoms with Gasteiger partial charge < -0.3 is 9.14 Å². The molecular formula is C9H7ClN2O2. The number of ether oxygens (including phenoxy) is 1. The Balaban J connectivity index is 2.73. The highest BCUT2D eigenvalue weighted by Gasteiger charge is 2.15. The second-order valence-corrected chi connectivity index (χ2v) is 3.10. The van der Waals surface area contributed by atoms with Crippen molar-refractivity contribution in [2.45, 2.75) is 0 Å². The Morgan fingerprint density at radius 3 is 3.14 bits per heavy atom. The molecule has 0 saturated carbocycles. The van der Waals surface area contributed by atoms with Crippen LogP contribution in [0, 0.1) is 0 Å². The van der Waals surface area contributed by atoms with Gasteiger partial charge in [0.15, 0.2) is 5.69 Å². The standard InChI is InChI=1S/C9H7ClN2O2/c1-14-9(13)7-8-6(10)3-2-4-12(8)5-11-7/h2-5H,1H3. The van der Waals surface area contributed by atoms with Gasteiger partial charge in [-0.15, -0.1) is 0 Å². The Kier molecular flexibility index (Phi) is 2.13. The summed E-state index contributed by atoms with van der Waals surface area (Å²) in [6.07, 6.45) is 3.29. The van der Waals surface area contributed by atoms with E-state index in [0.717, 1.165) is 0 Å². The predicted octanol–water partition coefficient (Wildman–Crippen LogP) is 1.77. The molecule has 0 fully saturated rings. The summed E-state index contributed by atoms with van der Waals surface area (Å²) in [6, 6.07) is 3.48.